The van der Waals surface area contributed by atoms with Crippen LogP contribution in [0.3, 0.4) is 0 Å². The summed E-state index contributed by atoms with van der Waals surface area (Å²) in [6, 6.07) is 0. The van der Waals surface area contributed by atoms with Crippen molar-refractivity contribution in [2.45, 2.75) is 26.2 Å². The second kappa shape index (κ2) is 9.45. The highest BCUT2D eigenvalue weighted by Crippen LogP contribution is 1.90. The van der Waals surface area contributed by atoms with Crippen molar-refractivity contribution in [2.24, 2.45) is 0 Å². The van der Waals surface area contributed by atoms with Gasteiger partial charge in [-0.15, -0.1) is 0 Å². The maximum Gasteiger partial charge on any atom is 0.307 e. The van der Waals surface area contributed by atoms with Gasteiger partial charge in [0.05, 0.1) is 13.0 Å². The zero-order valence-electron chi connectivity index (χ0n) is 9.38. The standard InChI is InChI=1S/C10H19NO4/c1-3-15-10(13)6-7-11-9(12)5-4-8-14-2/h3-8H2,1-2H3,(H,11,12). The summed E-state index contributed by atoms with van der Waals surface area (Å²) in [6.07, 6.45) is 1.35. The smallest absolute Gasteiger partial charge is 0.307 e. The van der Waals surface area contributed by atoms with Crippen LogP contribution in [0.4, 0.5) is 0 Å². The van der Waals surface area contributed by atoms with Gasteiger partial charge in [0.2, 0.25) is 5.91 Å². The van der Waals surface area contributed by atoms with Crippen LogP contribution >= 0.6 is 0 Å². The highest BCUT2D eigenvalue weighted by atomic mass is 16.5. The molecule has 0 unspecified atom stereocenters. The zero-order chi connectivity index (χ0) is 11.5. The first kappa shape index (κ1) is 13.9. The lowest BCUT2D eigenvalue weighted by molar-refractivity contribution is -0.143. The van der Waals surface area contributed by atoms with Gasteiger partial charge in [-0.2, -0.15) is 0 Å². The average Bonchev–Trinajstić information content (AvgIpc) is 2.18. The quantitative estimate of drug-likeness (QED) is 0.474. The summed E-state index contributed by atoms with van der Waals surface area (Å²) in [5.74, 6) is -0.342. The number of carbonyl (C=O) groups excluding carboxylic acids is 2. The van der Waals surface area contributed by atoms with Crippen LogP contribution in [-0.2, 0) is 19.1 Å². The molecule has 0 aromatic heterocycles. The van der Waals surface area contributed by atoms with Crippen molar-refractivity contribution in [1.29, 1.82) is 0 Å². The summed E-state index contributed by atoms with van der Waals surface area (Å²) >= 11 is 0. The van der Waals surface area contributed by atoms with E-state index in [0.717, 1.165) is 0 Å². The Morgan fingerprint density at radius 2 is 2.00 bits per heavy atom. The molecule has 0 saturated heterocycles. The summed E-state index contributed by atoms with van der Waals surface area (Å²) in [5, 5.41) is 2.64. The Hall–Kier alpha value is -1.10. The van der Waals surface area contributed by atoms with E-state index in [2.05, 4.69) is 5.32 Å². The topological polar surface area (TPSA) is 64.6 Å². The molecule has 5 nitrogen and oxygen atoms in total. The van der Waals surface area contributed by atoms with Gasteiger partial charge in [0, 0.05) is 26.7 Å². The first-order chi connectivity index (χ1) is 7.20. The van der Waals surface area contributed by atoms with E-state index in [1.54, 1.807) is 14.0 Å². The Labute approximate surface area is 90.1 Å². The molecule has 0 aliphatic rings. The first-order valence-electron chi connectivity index (χ1n) is 5.12. The van der Waals surface area contributed by atoms with E-state index in [1.165, 1.54) is 0 Å². The molecule has 0 rings (SSSR count). The lowest BCUT2D eigenvalue weighted by atomic mass is 10.3. The molecule has 0 aliphatic carbocycles. The molecule has 0 atom stereocenters. The molecule has 0 spiro atoms. The fraction of sp³-hybridized carbons (Fsp3) is 0.800. The second-order valence-electron chi connectivity index (χ2n) is 3.00. The van der Waals surface area contributed by atoms with E-state index in [9.17, 15) is 9.59 Å². The minimum absolute atomic E-state index is 0.0589. The predicted octanol–water partition coefficient (Wildman–Crippen LogP) is 0.482. The molecular formula is C10H19NO4. The van der Waals surface area contributed by atoms with Crippen molar-refractivity contribution >= 4 is 11.9 Å². The summed E-state index contributed by atoms with van der Waals surface area (Å²) in [4.78, 5) is 22.0. The Morgan fingerprint density at radius 3 is 2.60 bits per heavy atom. The summed E-state index contributed by atoms with van der Waals surface area (Å²) in [6.45, 7) is 3.04. The molecule has 1 amide bonds. The molecule has 0 radical (unpaired) electrons. The van der Waals surface area contributed by atoms with E-state index in [4.69, 9.17) is 9.47 Å². The van der Waals surface area contributed by atoms with Crippen molar-refractivity contribution in [2.75, 3.05) is 26.9 Å². The Kier molecular flexibility index (Phi) is 8.76. The highest BCUT2D eigenvalue weighted by Gasteiger charge is 2.03. The first-order valence-corrected chi connectivity index (χ1v) is 5.12. The molecular weight excluding hydrogens is 198 g/mol. The fourth-order valence-electron chi connectivity index (χ4n) is 1.00. The Morgan fingerprint density at radius 1 is 1.27 bits per heavy atom. The largest absolute Gasteiger partial charge is 0.466 e. The van der Waals surface area contributed by atoms with E-state index >= 15 is 0 Å². The van der Waals surface area contributed by atoms with Gasteiger partial charge in [-0.3, -0.25) is 9.59 Å². The van der Waals surface area contributed by atoms with Crippen molar-refractivity contribution < 1.29 is 19.1 Å². The van der Waals surface area contributed by atoms with Gasteiger partial charge in [-0.25, -0.2) is 0 Å². The lowest BCUT2D eigenvalue weighted by Crippen LogP contribution is -2.26. The molecule has 88 valence electrons. The predicted molar refractivity (Wildman–Crippen MR) is 55.4 cm³/mol. The van der Waals surface area contributed by atoms with E-state index < -0.39 is 0 Å². The molecule has 0 heterocycles. The summed E-state index contributed by atoms with van der Waals surface area (Å²) < 4.78 is 9.52. The van der Waals surface area contributed by atoms with Crippen LogP contribution in [-0.4, -0.2) is 38.7 Å². The number of carbonyl (C=O) groups is 2. The molecule has 0 bridgehead atoms. The second-order valence-corrected chi connectivity index (χ2v) is 3.00. The number of amides is 1. The van der Waals surface area contributed by atoms with Crippen molar-refractivity contribution in [3.05, 3.63) is 0 Å². The third kappa shape index (κ3) is 9.21. The molecule has 15 heavy (non-hydrogen) atoms. The monoisotopic (exact) mass is 217 g/mol. The molecule has 5 heteroatoms. The molecule has 0 aliphatic heterocycles. The molecule has 0 fully saturated rings. The number of esters is 1. The number of hydrogen-bond acceptors (Lipinski definition) is 4. The number of rotatable bonds is 8. The van der Waals surface area contributed by atoms with Gasteiger partial charge in [0.1, 0.15) is 0 Å². The molecule has 0 aromatic rings. The van der Waals surface area contributed by atoms with Gasteiger partial charge >= 0.3 is 5.97 Å². The normalized spacial score (nSPS) is 9.73. The van der Waals surface area contributed by atoms with Crippen LogP contribution in [0.25, 0.3) is 0 Å². The maximum atomic E-state index is 11.1. The SMILES string of the molecule is CCOC(=O)CCNC(=O)CCCOC. The van der Waals surface area contributed by atoms with Crippen molar-refractivity contribution in [1.82, 2.24) is 5.32 Å². The van der Waals surface area contributed by atoms with E-state index in [1.807, 2.05) is 0 Å². The van der Waals surface area contributed by atoms with Crippen LogP contribution in [0, 0.1) is 0 Å². The Bertz CT molecular complexity index is 194. The fourth-order valence-corrected chi connectivity index (χ4v) is 1.00. The third-order valence-electron chi connectivity index (χ3n) is 1.71. The van der Waals surface area contributed by atoms with E-state index in [-0.39, 0.29) is 18.3 Å². The van der Waals surface area contributed by atoms with E-state index in [0.29, 0.717) is 32.6 Å². The molecule has 0 aromatic carbocycles. The number of nitrogens with one attached hydrogen (secondary N) is 1. The zero-order valence-corrected chi connectivity index (χ0v) is 9.38. The van der Waals surface area contributed by atoms with Gasteiger partial charge in [-0.1, -0.05) is 0 Å². The molecule has 1 N–H and O–H groups in total. The van der Waals surface area contributed by atoms with Crippen molar-refractivity contribution in [3.8, 4) is 0 Å². The van der Waals surface area contributed by atoms with Gasteiger partial charge in [-0.05, 0) is 13.3 Å². The highest BCUT2D eigenvalue weighted by molar-refractivity contribution is 5.76. The van der Waals surface area contributed by atoms with Crippen LogP contribution in [0.1, 0.15) is 26.2 Å². The van der Waals surface area contributed by atoms with Gasteiger partial charge in [0.25, 0.3) is 0 Å². The maximum absolute atomic E-state index is 11.1. The number of ether oxygens (including phenoxy) is 2. The van der Waals surface area contributed by atoms with Crippen molar-refractivity contribution in [3.63, 3.8) is 0 Å². The van der Waals surface area contributed by atoms with Crippen LogP contribution in [0.15, 0.2) is 0 Å². The minimum atomic E-state index is -0.283. The summed E-state index contributed by atoms with van der Waals surface area (Å²) in [7, 11) is 1.60. The summed E-state index contributed by atoms with van der Waals surface area (Å²) in [5.41, 5.74) is 0. The minimum Gasteiger partial charge on any atom is -0.466 e. The Balaban J connectivity index is 3.34. The van der Waals surface area contributed by atoms with Crippen LogP contribution in [0.5, 0.6) is 0 Å². The van der Waals surface area contributed by atoms with Gasteiger partial charge < -0.3 is 14.8 Å². The number of methoxy groups -OCH3 is 1. The lowest BCUT2D eigenvalue weighted by Gasteiger charge is -2.04. The van der Waals surface area contributed by atoms with Crippen LogP contribution < -0.4 is 5.32 Å². The number of hydrogen-bond donors (Lipinski definition) is 1. The third-order valence-corrected chi connectivity index (χ3v) is 1.71. The van der Waals surface area contributed by atoms with Gasteiger partial charge in [0.15, 0.2) is 0 Å². The van der Waals surface area contributed by atoms with Crippen LogP contribution in [0.2, 0.25) is 0 Å². The average molecular weight is 217 g/mol. The molecule has 0 saturated carbocycles.